The third-order valence-corrected chi connectivity index (χ3v) is 4.05. The number of aryl methyl sites for hydroxylation is 2. The molecule has 1 aliphatic carbocycles. The molecule has 1 heterocycles. The maximum absolute atomic E-state index is 4.31. The Labute approximate surface area is 114 Å². The predicted molar refractivity (Wildman–Crippen MR) is 79.5 cm³/mol. The summed E-state index contributed by atoms with van der Waals surface area (Å²) >= 11 is 0. The van der Waals surface area contributed by atoms with Crippen LogP contribution in [0.15, 0.2) is 42.6 Å². The van der Waals surface area contributed by atoms with E-state index in [4.69, 9.17) is 0 Å². The molecule has 0 atom stereocenters. The van der Waals surface area contributed by atoms with Crippen LogP contribution in [-0.2, 0) is 0 Å². The third kappa shape index (κ3) is 2.62. The lowest BCUT2D eigenvalue weighted by Gasteiger charge is -2.37. The Kier molecular flexibility index (Phi) is 3.24. The molecule has 3 rings (SSSR count). The van der Waals surface area contributed by atoms with Crippen LogP contribution in [0.2, 0.25) is 0 Å². The minimum atomic E-state index is 0.592. The summed E-state index contributed by atoms with van der Waals surface area (Å²) in [5, 5.41) is 3.60. The van der Waals surface area contributed by atoms with Gasteiger partial charge in [-0.3, -0.25) is 4.98 Å². The van der Waals surface area contributed by atoms with E-state index in [1.807, 2.05) is 12.3 Å². The van der Waals surface area contributed by atoms with Crippen molar-refractivity contribution in [1.29, 1.82) is 0 Å². The number of anilines is 1. The second kappa shape index (κ2) is 5.04. The largest absolute Gasteiger partial charge is 0.381 e. The lowest BCUT2D eigenvalue weighted by Crippen LogP contribution is -2.34. The van der Waals surface area contributed by atoms with Crippen LogP contribution in [0.1, 0.15) is 35.6 Å². The molecule has 1 aromatic heterocycles. The number of hydrogen-bond acceptors (Lipinski definition) is 2. The molecule has 1 N–H and O–H groups in total. The number of hydrogen-bond donors (Lipinski definition) is 1. The average molecular weight is 252 g/mol. The topological polar surface area (TPSA) is 24.9 Å². The van der Waals surface area contributed by atoms with Crippen molar-refractivity contribution in [1.82, 2.24) is 4.98 Å². The Balaban J connectivity index is 1.58. The Morgan fingerprint density at radius 3 is 2.47 bits per heavy atom. The molecular weight excluding hydrogens is 232 g/mol. The van der Waals surface area contributed by atoms with Gasteiger partial charge in [0, 0.05) is 12.2 Å². The van der Waals surface area contributed by atoms with Crippen LogP contribution < -0.4 is 5.32 Å². The van der Waals surface area contributed by atoms with E-state index >= 15 is 0 Å². The van der Waals surface area contributed by atoms with Crippen molar-refractivity contribution in [2.45, 2.75) is 38.6 Å². The van der Waals surface area contributed by atoms with Crippen LogP contribution >= 0.6 is 0 Å². The number of pyridine rings is 1. The summed E-state index contributed by atoms with van der Waals surface area (Å²) in [6, 6.07) is 13.7. The second-order valence-corrected chi connectivity index (χ2v) is 5.56. The van der Waals surface area contributed by atoms with Crippen molar-refractivity contribution in [2.75, 3.05) is 5.32 Å². The summed E-state index contributed by atoms with van der Waals surface area (Å²) in [5.74, 6) is 0.718. The Hall–Kier alpha value is -1.83. The molecule has 19 heavy (non-hydrogen) atoms. The van der Waals surface area contributed by atoms with Gasteiger partial charge in [-0.1, -0.05) is 29.8 Å². The second-order valence-electron chi connectivity index (χ2n) is 5.56. The van der Waals surface area contributed by atoms with E-state index in [1.165, 1.54) is 29.7 Å². The highest BCUT2D eigenvalue weighted by atomic mass is 15.0. The van der Waals surface area contributed by atoms with Gasteiger partial charge in [0.2, 0.25) is 0 Å². The van der Waals surface area contributed by atoms with Gasteiger partial charge < -0.3 is 5.32 Å². The molecule has 0 bridgehead atoms. The van der Waals surface area contributed by atoms with E-state index in [9.17, 15) is 0 Å². The summed E-state index contributed by atoms with van der Waals surface area (Å²) in [5.41, 5.74) is 5.08. The van der Waals surface area contributed by atoms with Crippen molar-refractivity contribution in [2.24, 2.45) is 0 Å². The van der Waals surface area contributed by atoms with E-state index in [0.717, 1.165) is 11.6 Å². The lowest BCUT2D eigenvalue weighted by molar-refractivity contribution is 0.374. The molecule has 98 valence electrons. The summed E-state index contributed by atoms with van der Waals surface area (Å²) in [7, 11) is 0. The van der Waals surface area contributed by atoms with E-state index in [1.54, 1.807) is 0 Å². The van der Waals surface area contributed by atoms with Crippen LogP contribution in [0.5, 0.6) is 0 Å². The smallest absolute Gasteiger partial charge is 0.0603 e. The highest BCUT2D eigenvalue weighted by molar-refractivity contribution is 5.48. The van der Waals surface area contributed by atoms with Crippen LogP contribution in [0.25, 0.3) is 0 Å². The zero-order valence-corrected chi connectivity index (χ0v) is 11.6. The van der Waals surface area contributed by atoms with Gasteiger partial charge >= 0.3 is 0 Å². The fourth-order valence-corrected chi connectivity index (χ4v) is 2.70. The Bertz CT molecular complexity index is 554. The standard InChI is InChI=1S/C17H20N2/c1-12-5-7-14(8-6-12)15-10-16(11-15)19-17-4-3-9-18-13(17)2/h3-9,15-16,19H,10-11H2,1-2H3. The molecular formula is C17H20N2. The molecule has 2 aromatic rings. The quantitative estimate of drug-likeness (QED) is 0.891. The first kappa shape index (κ1) is 12.2. The number of aromatic nitrogens is 1. The van der Waals surface area contributed by atoms with Gasteiger partial charge in [0.15, 0.2) is 0 Å². The number of benzene rings is 1. The minimum Gasteiger partial charge on any atom is -0.381 e. The Morgan fingerprint density at radius 1 is 1.05 bits per heavy atom. The van der Waals surface area contributed by atoms with Gasteiger partial charge in [-0.05, 0) is 50.3 Å². The molecule has 0 radical (unpaired) electrons. The zero-order chi connectivity index (χ0) is 13.2. The van der Waals surface area contributed by atoms with Gasteiger partial charge in [0.25, 0.3) is 0 Å². The van der Waals surface area contributed by atoms with E-state index in [2.05, 4.69) is 54.5 Å². The molecule has 2 heteroatoms. The summed E-state index contributed by atoms with van der Waals surface area (Å²) < 4.78 is 0. The maximum atomic E-state index is 4.31. The molecule has 1 saturated carbocycles. The number of nitrogens with one attached hydrogen (secondary N) is 1. The van der Waals surface area contributed by atoms with Gasteiger partial charge in [-0.15, -0.1) is 0 Å². The van der Waals surface area contributed by atoms with Gasteiger partial charge in [0.05, 0.1) is 11.4 Å². The third-order valence-electron chi connectivity index (χ3n) is 4.05. The molecule has 0 aliphatic heterocycles. The lowest BCUT2D eigenvalue weighted by atomic mass is 9.75. The Morgan fingerprint density at radius 2 is 1.79 bits per heavy atom. The predicted octanol–water partition coefficient (Wildman–Crippen LogP) is 4.06. The van der Waals surface area contributed by atoms with Gasteiger partial charge in [0.1, 0.15) is 0 Å². The van der Waals surface area contributed by atoms with Crippen molar-refractivity contribution in [3.05, 3.63) is 59.4 Å². The molecule has 0 amide bonds. The first-order valence-electron chi connectivity index (χ1n) is 6.97. The fourth-order valence-electron chi connectivity index (χ4n) is 2.70. The first-order chi connectivity index (χ1) is 9.22. The monoisotopic (exact) mass is 252 g/mol. The molecule has 1 aliphatic rings. The van der Waals surface area contributed by atoms with Crippen molar-refractivity contribution < 1.29 is 0 Å². The van der Waals surface area contributed by atoms with Crippen LogP contribution in [0, 0.1) is 13.8 Å². The SMILES string of the molecule is Cc1ccc(C2CC(Nc3cccnc3C)C2)cc1. The van der Waals surface area contributed by atoms with Crippen LogP contribution in [0.3, 0.4) is 0 Å². The van der Waals surface area contributed by atoms with Gasteiger partial charge in [-0.2, -0.15) is 0 Å². The van der Waals surface area contributed by atoms with Crippen molar-refractivity contribution in [3.8, 4) is 0 Å². The van der Waals surface area contributed by atoms with E-state index in [-0.39, 0.29) is 0 Å². The highest BCUT2D eigenvalue weighted by Crippen LogP contribution is 2.38. The highest BCUT2D eigenvalue weighted by Gasteiger charge is 2.30. The molecule has 2 nitrogen and oxygen atoms in total. The van der Waals surface area contributed by atoms with Gasteiger partial charge in [-0.25, -0.2) is 0 Å². The molecule has 0 saturated heterocycles. The molecule has 1 fully saturated rings. The van der Waals surface area contributed by atoms with Crippen molar-refractivity contribution >= 4 is 5.69 Å². The van der Waals surface area contributed by atoms with E-state index < -0.39 is 0 Å². The van der Waals surface area contributed by atoms with Crippen LogP contribution in [0.4, 0.5) is 5.69 Å². The molecule has 0 unspecified atom stereocenters. The van der Waals surface area contributed by atoms with Crippen molar-refractivity contribution in [3.63, 3.8) is 0 Å². The maximum Gasteiger partial charge on any atom is 0.0603 e. The normalized spacial score (nSPS) is 21.8. The average Bonchev–Trinajstić information content (AvgIpc) is 2.37. The molecule has 1 aromatic carbocycles. The summed E-state index contributed by atoms with van der Waals surface area (Å²) in [6.45, 7) is 4.19. The number of rotatable bonds is 3. The van der Waals surface area contributed by atoms with Crippen LogP contribution in [-0.4, -0.2) is 11.0 Å². The van der Waals surface area contributed by atoms with E-state index in [0.29, 0.717) is 6.04 Å². The zero-order valence-electron chi connectivity index (χ0n) is 11.6. The first-order valence-corrected chi connectivity index (χ1v) is 6.97. The summed E-state index contributed by atoms with van der Waals surface area (Å²) in [6.07, 6.45) is 4.28. The fraction of sp³-hybridized carbons (Fsp3) is 0.353. The summed E-state index contributed by atoms with van der Waals surface area (Å²) in [4.78, 5) is 4.31. The molecule has 0 spiro atoms. The minimum absolute atomic E-state index is 0.592. The number of nitrogens with zero attached hydrogens (tertiary/aromatic N) is 1.